The minimum atomic E-state index is -0.791. The number of carbonyl (C=O) groups excluding carboxylic acids is 2. The summed E-state index contributed by atoms with van der Waals surface area (Å²) in [6, 6.07) is 21.4. The van der Waals surface area contributed by atoms with E-state index in [4.69, 9.17) is 9.47 Å². The topological polar surface area (TPSA) is 59.1 Å². The van der Waals surface area contributed by atoms with E-state index in [1.165, 1.54) is 12.0 Å². The number of benzene rings is 3. The van der Waals surface area contributed by atoms with Gasteiger partial charge in [0.25, 0.3) is 5.91 Å². The van der Waals surface area contributed by atoms with Gasteiger partial charge < -0.3 is 9.47 Å². The predicted octanol–water partition coefficient (Wildman–Crippen LogP) is 4.13. The quantitative estimate of drug-likeness (QED) is 0.627. The molecule has 0 saturated carbocycles. The molecule has 0 aliphatic carbocycles. The molecular formula is C25H24N2O4. The van der Waals surface area contributed by atoms with Crippen molar-refractivity contribution in [1.29, 1.82) is 0 Å². The van der Waals surface area contributed by atoms with Crippen LogP contribution in [0.15, 0.2) is 72.8 Å². The number of aryl methyl sites for hydroxylation is 1. The molecule has 0 aromatic heterocycles. The van der Waals surface area contributed by atoms with Gasteiger partial charge in [-0.2, -0.15) is 0 Å². The maximum atomic E-state index is 13.8. The SMILES string of the molecule is COc1ccc(OC)c(N2CC(=O)N(c3ccc(C)cc3)[C@H](c3ccccc3)C2=O)c1. The first kappa shape index (κ1) is 20.5. The molecule has 158 valence electrons. The summed E-state index contributed by atoms with van der Waals surface area (Å²) >= 11 is 0. The molecule has 1 saturated heterocycles. The van der Waals surface area contributed by atoms with Gasteiger partial charge >= 0.3 is 0 Å². The van der Waals surface area contributed by atoms with E-state index in [1.54, 1.807) is 30.2 Å². The maximum absolute atomic E-state index is 13.8. The molecule has 6 heteroatoms. The standard InChI is InChI=1S/C25H24N2O4/c1-17-9-11-19(12-10-17)27-23(28)16-26(21-15-20(30-2)13-14-22(21)31-3)25(29)24(27)18-7-5-4-6-8-18/h4-15,24H,16H2,1-3H3/t24-/m1/s1. The first-order chi connectivity index (χ1) is 15.0. The van der Waals surface area contributed by atoms with E-state index in [0.29, 0.717) is 22.9 Å². The summed E-state index contributed by atoms with van der Waals surface area (Å²) in [6.07, 6.45) is 0. The molecule has 3 aromatic rings. The van der Waals surface area contributed by atoms with Crippen molar-refractivity contribution in [3.05, 3.63) is 83.9 Å². The Morgan fingerprint density at radius 3 is 2.23 bits per heavy atom. The van der Waals surface area contributed by atoms with Crippen LogP contribution in [0.4, 0.5) is 11.4 Å². The average molecular weight is 416 g/mol. The van der Waals surface area contributed by atoms with E-state index < -0.39 is 6.04 Å². The zero-order valence-electron chi connectivity index (χ0n) is 17.7. The molecule has 1 aliphatic heterocycles. The molecular weight excluding hydrogens is 392 g/mol. The second kappa shape index (κ2) is 8.52. The van der Waals surface area contributed by atoms with Gasteiger partial charge in [0, 0.05) is 11.8 Å². The third kappa shape index (κ3) is 3.84. The second-order valence-corrected chi connectivity index (χ2v) is 7.37. The van der Waals surface area contributed by atoms with Gasteiger partial charge in [-0.25, -0.2) is 0 Å². The van der Waals surface area contributed by atoms with Crippen LogP contribution in [0, 0.1) is 6.92 Å². The number of carbonyl (C=O) groups is 2. The Kier molecular flexibility index (Phi) is 5.62. The van der Waals surface area contributed by atoms with Gasteiger partial charge in [-0.3, -0.25) is 19.4 Å². The van der Waals surface area contributed by atoms with Crippen LogP contribution in [0.25, 0.3) is 0 Å². The summed E-state index contributed by atoms with van der Waals surface area (Å²) < 4.78 is 10.8. The third-order valence-electron chi connectivity index (χ3n) is 5.42. The van der Waals surface area contributed by atoms with Gasteiger partial charge in [0.2, 0.25) is 5.91 Å². The molecule has 1 atom stereocenters. The molecule has 31 heavy (non-hydrogen) atoms. The van der Waals surface area contributed by atoms with Crippen molar-refractivity contribution in [3.8, 4) is 11.5 Å². The normalized spacial score (nSPS) is 16.4. The number of anilines is 2. The summed E-state index contributed by atoms with van der Waals surface area (Å²) in [5.41, 5.74) is 3.02. The lowest BCUT2D eigenvalue weighted by molar-refractivity contribution is -0.128. The minimum absolute atomic E-state index is 0.0976. The van der Waals surface area contributed by atoms with Crippen LogP contribution >= 0.6 is 0 Å². The lowest BCUT2D eigenvalue weighted by Crippen LogP contribution is -2.56. The fraction of sp³-hybridized carbons (Fsp3) is 0.200. The molecule has 0 spiro atoms. The van der Waals surface area contributed by atoms with Crippen molar-refractivity contribution in [2.24, 2.45) is 0 Å². The molecule has 2 amide bonds. The number of hydrogen-bond donors (Lipinski definition) is 0. The van der Waals surface area contributed by atoms with Gasteiger partial charge in [-0.15, -0.1) is 0 Å². The molecule has 3 aromatic carbocycles. The molecule has 0 radical (unpaired) electrons. The van der Waals surface area contributed by atoms with E-state index >= 15 is 0 Å². The Hall–Kier alpha value is -3.80. The number of amides is 2. The van der Waals surface area contributed by atoms with E-state index in [0.717, 1.165) is 11.1 Å². The van der Waals surface area contributed by atoms with Gasteiger partial charge in [0.15, 0.2) is 0 Å². The molecule has 0 bridgehead atoms. The van der Waals surface area contributed by atoms with Crippen LogP contribution in [-0.4, -0.2) is 32.6 Å². The molecule has 6 nitrogen and oxygen atoms in total. The highest BCUT2D eigenvalue weighted by molar-refractivity contribution is 6.15. The summed E-state index contributed by atoms with van der Waals surface area (Å²) in [7, 11) is 3.09. The Labute approximate surface area is 181 Å². The fourth-order valence-electron chi connectivity index (χ4n) is 3.83. The van der Waals surface area contributed by atoms with Crippen LogP contribution in [0.2, 0.25) is 0 Å². The van der Waals surface area contributed by atoms with Crippen molar-refractivity contribution >= 4 is 23.2 Å². The largest absolute Gasteiger partial charge is 0.497 e. The zero-order valence-corrected chi connectivity index (χ0v) is 17.7. The van der Waals surface area contributed by atoms with Crippen molar-refractivity contribution in [2.45, 2.75) is 13.0 Å². The number of methoxy groups -OCH3 is 2. The first-order valence-electron chi connectivity index (χ1n) is 10.0. The molecule has 1 fully saturated rings. The third-order valence-corrected chi connectivity index (χ3v) is 5.42. The Morgan fingerprint density at radius 2 is 1.58 bits per heavy atom. The lowest BCUT2D eigenvalue weighted by Gasteiger charge is -2.40. The van der Waals surface area contributed by atoms with Crippen molar-refractivity contribution < 1.29 is 19.1 Å². The van der Waals surface area contributed by atoms with Crippen molar-refractivity contribution in [1.82, 2.24) is 0 Å². The van der Waals surface area contributed by atoms with E-state index in [9.17, 15) is 9.59 Å². The Bertz CT molecular complexity index is 1100. The average Bonchev–Trinajstić information content (AvgIpc) is 2.81. The number of ether oxygens (including phenoxy) is 2. The van der Waals surface area contributed by atoms with Crippen LogP contribution in [0.5, 0.6) is 11.5 Å². The first-order valence-corrected chi connectivity index (χ1v) is 10.0. The molecule has 0 unspecified atom stereocenters. The second-order valence-electron chi connectivity index (χ2n) is 7.37. The summed E-state index contributed by atoms with van der Waals surface area (Å²) in [4.78, 5) is 30.3. The summed E-state index contributed by atoms with van der Waals surface area (Å²) in [5, 5.41) is 0. The smallest absolute Gasteiger partial charge is 0.255 e. The minimum Gasteiger partial charge on any atom is -0.497 e. The van der Waals surface area contributed by atoms with Gasteiger partial charge in [-0.1, -0.05) is 48.0 Å². The van der Waals surface area contributed by atoms with E-state index in [-0.39, 0.29) is 18.4 Å². The highest BCUT2D eigenvalue weighted by atomic mass is 16.5. The molecule has 0 N–H and O–H groups in total. The number of rotatable bonds is 5. The van der Waals surface area contributed by atoms with Gasteiger partial charge in [0.05, 0.1) is 19.9 Å². The molecule has 4 rings (SSSR count). The van der Waals surface area contributed by atoms with Crippen LogP contribution in [0.3, 0.4) is 0 Å². The maximum Gasteiger partial charge on any atom is 0.255 e. The van der Waals surface area contributed by atoms with E-state index in [1.807, 2.05) is 61.5 Å². The van der Waals surface area contributed by atoms with Crippen LogP contribution in [0.1, 0.15) is 17.2 Å². The summed E-state index contributed by atoms with van der Waals surface area (Å²) in [5.74, 6) is 0.686. The monoisotopic (exact) mass is 416 g/mol. The number of piperazine rings is 1. The van der Waals surface area contributed by atoms with E-state index in [2.05, 4.69) is 0 Å². The van der Waals surface area contributed by atoms with Gasteiger partial charge in [-0.05, 0) is 36.8 Å². The van der Waals surface area contributed by atoms with Crippen molar-refractivity contribution in [3.63, 3.8) is 0 Å². The predicted molar refractivity (Wildman–Crippen MR) is 120 cm³/mol. The Morgan fingerprint density at radius 1 is 0.871 bits per heavy atom. The highest BCUT2D eigenvalue weighted by Gasteiger charge is 2.42. The summed E-state index contributed by atoms with van der Waals surface area (Å²) in [6.45, 7) is 1.89. The van der Waals surface area contributed by atoms with Crippen LogP contribution in [-0.2, 0) is 9.59 Å². The fourth-order valence-corrected chi connectivity index (χ4v) is 3.83. The zero-order chi connectivity index (χ0) is 22.0. The highest BCUT2D eigenvalue weighted by Crippen LogP contribution is 2.39. The molecule has 1 heterocycles. The Balaban J connectivity index is 1.83. The van der Waals surface area contributed by atoms with Crippen LogP contribution < -0.4 is 19.3 Å². The molecule has 1 aliphatic rings. The number of hydrogen-bond acceptors (Lipinski definition) is 4. The number of nitrogens with zero attached hydrogens (tertiary/aromatic N) is 2. The lowest BCUT2D eigenvalue weighted by atomic mass is 9.99. The van der Waals surface area contributed by atoms with Gasteiger partial charge in [0.1, 0.15) is 24.1 Å². The van der Waals surface area contributed by atoms with Crippen molar-refractivity contribution in [2.75, 3.05) is 30.6 Å².